The Bertz CT molecular complexity index is 121. The molecule has 3 N–H and O–H groups in total. The lowest BCUT2D eigenvalue weighted by Crippen LogP contribution is -2.38. The Balaban J connectivity index is 3.44. The summed E-state index contributed by atoms with van der Waals surface area (Å²) in [6.07, 6.45) is 3.52. The molecule has 0 aliphatic rings. The van der Waals surface area contributed by atoms with E-state index in [2.05, 4.69) is 33.0 Å². The van der Waals surface area contributed by atoms with Gasteiger partial charge in [0.1, 0.15) is 0 Å². The summed E-state index contributed by atoms with van der Waals surface area (Å²) in [5.74, 6) is 0. The molecule has 0 spiro atoms. The van der Waals surface area contributed by atoms with E-state index in [9.17, 15) is 0 Å². The molecule has 0 rings (SSSR count). The van der Waals surface area contributed by atoms with Gasteiger partial charge in [0.2, 0.25) is 0 Å². The van der Waals surface area contributed by atoms with Crippen LogP contribution < -0.4 is 11.1 Å². The highest BCUT2D eigenvalue weighted by Gasteiger charge is 2.14. The molecule has 0 heterocycles. The average Bonchev–Trinajstić information content (AvgIpc) is 2.05. The zero-order valence-electron chi connectivity index (χ0n) is 9.69. The van der Waals surface area contributed by atoms with Gasteiger partial charge < -0.3 is 11.1 Å². The molecule has 0 aromatic rings. The fraction of sp³-hybridized carbons (Fsp3) is 1.00. The normalized spacial score (nSPS) is 14.5. The fourth-order valence-electron chi connectivity index (χ4n) is 1.19. The highest BCUT2D eigenvalue weighted by molar-refractivity contribution is 4.71. The molecule has 0 aliphatic heterocycles. The molecular formula is C11H26N2. The van der Waals surface area contributed by atoms with Crippen molar-refractivity contribution in [3.8, 4) is 0 Å². The van der Waals surface area contributed by atoms with Gasteiger partial charge in [-0.3, -0.25) is 0 Å². The van der Waals surface area contributed by atoms with Crippen LogP contribution >= 0.6 is 0 Å². The van der Waals surface area contributed by atoms with Gasteiger partial charge in [0, 0.05) is 19.1 Å². The molecule has 80 valence electrons. The van der Waals surface area contributed by atoms with Crippen molar-refractivity contribution in [2.45, 2.75) is 53.0 Å². The molecule has 0 saturated heterocycles. The van der Waals surface area contributed by atoms with Crippen molar-refractivity contribution in [3.05, 3.63) is 0 Å². The van der Waals surface area contributed by atoms with Crippen molar-refractivity contribution in [1.82, 2.24) is 5.32 Å². The second-order valence-electron chi connectivity index (χ2n) is 4.70. The Morgan fingerprint density at radius 2 is 1.92 bits per heavy atom. The minimum Gasteiger partial charge on any atom is -0.327 e. The van der Waals surface area contributed by atoms with Gasteiger partial charge in [-0.25, -0.2) is 0 Å². The highest BCUT2D eigenvalue weighted by atomic mass is 14.9. The number of rotatable bonds is 7. The molecule has 0 aromatic heterocycles. The van der Waals surface area contributed by atoms with E-state index in [1.165, 1.54) is 12.8 Å². The van der Waals surface area contributed by atoms with Crippen LogP contribution in [-0.4, -0.2) is 19.1 Å². The quantitative estimate of drug-likeness (QED) is 0.639. The van der Waals surface area contributed by atoms with Crippen molar-refractivity contribution in [2.75, 3.05) is 13.1 Å². The van der Waals surface area contributed by atoms with Crippen LogP contribution in [0.15, 0.2) is 0 Å². The summed E-state index contributed by atoms with van der Waals surface area (Å²) in [4.78, 5) is 0. The van der Waals surface area contributed by atoms with E-state index >= 15 is 0 Å². The second kappa shape index (κ2) is 6.39. The van der Waals surface area contributed by atoms with Gasteiger partial charge in [0.25, 0.3) is 0 Å². The summed E-state index contributed by atoms with van der Waals surface area (Å²) >= 11 is 0. The van der Waals surface area contributed by atoms with Crippen LogP contribution in [0.2, 0.25) is 0 Å². The largest absolute Gasteiger partial charge is 0.327 e. The van der Waals surface area contributed by atoms with Crippen molar-refractivity contribution in [3.63, 3.8) is 0 Å². The van der Waals surface area contributed by atoms with E-state index in [1.807, 2.05) is 0 Å². The second-order valence-corrected chi connectivity index (χ2v) is 4.70. The maximum Gasteiger partial charge on any atom is 0.0165 e. The zero-order chi connectivity index (χ0) is 10.3. The van der Waals surface area contributed by atoms with Gasteiger partial charge in [-0.15, -0.1) is 0 Å². The molecule has 13 heavy (non-hydrogen) atoms. The van der Waals surface area contributed by atoms with E-state index in [-0.39, 0.29) is 0 Å². The number of nitrogens with one attached hydrogen (secondary N) is 1. The SMILES string of the molecule is CCCC(N)CNCC(C)(C)CC. The van der Waals surface area contributed by atoms with Crippen LogP contribution in [0.4, 0.5) is 0 Å². The standard InChI is InChI=1S/C11H26N2/c1-5-7-10(12)8-13-9-11(3,4)6-2/h10,13H,5-9,12H2,1-4H3. The van der Waals surface area contributed by atoms with Crippen molar-refractivity contribution in [2.24, 2.45) is 11.1 Å². The molecule has 0 bridgehead atoms. The maximum atomic E-state index is 5.89. The third-order valence-electron chi connectivity index (χ3n) is 2.63. The summed E-state index contributed by atoms with van der Waals surface area (Å²) in [6, 6.07) is 0.331. The summed E-state index contributed by atoms with van der Waals surface area (Å²) in [5, 5.41) is 3.44. The van der Waals surface area contributed by atoms with Gasteiger partial charge in [-0.2, -0.15) is 0 Å². The molecule has 0 fully saturated rings. The summed E-state index contributed by atoms with van der Waals surface area (Å²) in [7, 11) is 0. The minimum absolute atomic E-state index is 0.331. The maximum absolute atomic E-state index is 5.89. The molecule has 0 amide bonds. The third kappa shape index (κ3) is 7.03. The lowest BCUT2D eigenvalue weighted by atomic mass is 9.90. The third-order valence-corrected chi connectivity index (χ3v) is 2.63. The fourth-order valence-corrected chi connectivity index (χ4v) is 1.19. The number of hydrogen-bond acceptors (Lipinski definition) is 2. The van der Waals surface area contributed by atoms with Crippen LogP contribution in [0, 0.1) is 5.41 Å². The molecule has 2 heteroatoms. The Morgan fingerprint density at radius 1 is 1.31 bits per heavy atom. The first kappa shape index (κ1) is 12.9. The molecule has 2 nitrogen and oxygen atoms in total. The van der Waals surface area contributed by atoms with Crippen molar-refractivity contribution < 1.29 is 0 Å². The van der Waals surface area contributed by atoms with E-state index in [4.69, 9.17) is 5.73 Å². The molecule has 0 aromatic carbocycles. The Kier molecular flexibility index (Phi) is 6.35. The monoisotopic (exact) mass is 186 g/mol. The van der Waals surface area contributed by atoms with Gasteiger partial charge in [0.15, 0.2) is 0 Å². The van der Waals surface area contributed by atoms with Gasteiger partial charge >= 0.3 is 0 Å². The minimum atomic E-state index is 0.331. The smallest absolute Gasteiger partial charge is 0.0165 e. The molecular weight excluding hydrogens is 160 g/mol. The van der Waals surface area contributed by atoms with Gasteiger partial charge in [-0.1, -0.05) is 34.1 Å². The van der Waals surface area contributed by atoms with Crippen LogP contribution in [0.5, 0.6) is 0 Å². The van der Waals surface area contributed by atoms with E-state index in [0.29, 0.717) is 11.5 Å². The summed E-state index contributed by atoms with van der Waals surface area (Å²) in [6.45, 7) is 11.0. The van der Waals surface area contributed by atoms with Crippen LogP contribution in [0.3, 0.4) is 0 Å². The molecule has 1 unspecified atom stereocenters. The first-order chi connectivity index (χ1) is 6.02. The lowest BCUT2D eigenvalue weighted by Gasteiger charge is -2.24. The topological polar surface area (TPSA) is 38.0 Å². The Labute approximate surface area is 83.3 Å². The summed E-state index contributed by atoms with van der Waals surface area (Å²) < 4.78 is 0. The average molecular weight is 186 g/mol. The van der Waals surface area contributed by atoms with Crippen LogP contribution in [-0.2, 0) is 0 Å². The molecule has 0 aliphatic carbocycles. The Hall–Kier alpha value is -0.0800. The van der Waals surface area contributed by atoms with Crippen molar-refractivity contribution >= 4 is 0 Å². The highest BCUT2D eigenvalue weighted by Crippen LogP contribution is 2.17. The Morgan fingerprint density at radius 3 is 2.38 bits per heavy atom. The summed E-state index contributed by atoms with van der Waals surface area (Å²) in [5.41, 5.74) is 6.30. The zero-order valence-corrected chi connectivity index (χ0v) is 9.69. The first-order valence-corrected chi connectivity index (χ1v) is 5.48. The van der Waals surface area contributed by atoms with Gasteiger partial charge in [-0.05, 0) is 18.3 Å². The first-order valence-electron chi connectivity index (χ1n) is 5.48. The number of nitrogens with two attached hydrogens (primary N) is 1. The molecule has 0 saturated carbocycles. The lowest BCUT2D eigenvalue weighted by molar-refractivity contribution is 0.323. The predicted octanol–water partition coefficient (Wildman–Crippen LogP) is 2.14. The van der Waals surface area contributed by atoms with E-state index in [0.717, 1.165) is 19.5 Å². The van der Waals surface area contributed by atoms with Crippen molar-refractivity contribution in [1.29, 1.82) is 0 Å². The number of hydrogen-bond donors (Lipinski definition) is 2. The molecule has 0 radical (unpaired) electrons. The van der Waals surface area contributed by atoms with E-state index in [1.54, 1.807) is 0 Å². The van der Waals surface area contributed by atoms with Crippen LogP contribution in [0.25, 0.3) is 0 Å². The predicted molar refractivity (Wildman–Crippen MR) is 59.8 cm³/mol. The van der Waals surface area contributed by atoms with Gasteiger partial charge in [0.05, 0.1) is 0 Å². The van der Waals surface area contributed by atoms with Crippen LogP contribution in [0.1, 0.15) is 47.0 Å². The van der Waals surface area contributed by atoms with E-state index < -0.39 is 0 Å². The molecule has 1 atom stereocenters.